The van der Waals surface area contributed by atoms with Crippen LogP contribution in [0.25, 0.3) is 0 Å². The van der Waals surface area contributed by atoms with Gasteiger partial charge in [0.2, 0.25) is 0 Å². The number of hydrogen-bond donors (Lipinski definition) is 2. The predicted molar refractivity (Wildman–Crippen MR) is 64.9 cm³/mol. The fourth-order valence-electron chi connectivity index (χ4n) is 1.47. The Bertz CT molecular complexity index is 359. The molecule has 0 atom stereocenters. The van der Waals surface area contributed by atoms with E-state index in [1.54, 1.807) is 12.3 Å². The topological polar surface area (TPSA) is 74.7 Å². The molecule has 1 heterocycles. The molecule has 0 fully saturated rings. The lowest BCUT2D eigenvalue weighted by Gasteiger charge is -2.21. The van der Waals surface area contributed by atoms with Gasteiger partial charge in [0.15, 0.2) is 5.84 Å². The maximum Gasteiger partial charge on any atom is 0.188 e. The van der Waals surface area contributed by atoms with Crippen LogP contribution in [0.5, 0.6) is 0 Å². The van der Waals surface area contributed by atoms with Gasteiger partial charge < -0.3 is 15.8 Å². The Kier molecular flexibility index (Phi) is 4.10. The molecule has 5 nitrogen and oxygen atoms in total. The van der Waals surface area contributed by atoms with E-state index in [1.807, 2.05) is 13.1 Å². The summed E-state index contributed by atoms with van der Waals surface area (Å²) in [7, 11) is 2.01. The highest BCUT2D eigenvalue weighted by Gasteiger charge is 2.05. The summed E-state index contributed by atoms with van der Waals surface area (Å²) in [6.45, 7) is 5.29. The van der Waals surface area contributed by atoms with E-state index >= 15 is 0 Å². The molecule has 0 aliphatic heterocycles. The third-order valence-corrected chi connectivity index (χ3v) is 2.20. The SMILES string of the molecule is CC(C)CN(C)c1ccc(/C(N)=N/O)nc1. The average Bonchev–Trinajstić information content (AvgIpc) is 2.27. The summed E-state index contributed by atoms with van der Waals surface area (Å²) < 4.78 is 0. The van der Waals surface area contributed by atoms with E-state index < -0.39 is 0 Å². The number of aromatic nitrogens is 1. The lowest BCUT2D eigenvalue weighted by molar-refractivity contribution is 0.318. The zero-order valence-electron chi connectivity index (χ0n) is 9.88. The molecule has 0 radical (unpaired) electrons. The van der Waals surface area contributed by atoms with Crippen LogP contribution in [0.15, 0.2) is 23.5 Å². The Balaban J connectivity index is 2.78. The highest BCUT2D eigenvalue weighted by Crippen LogP contribution is 2.12. The molecule has 0 amide bonds. The maximum absolute atomic E-state index is 8.50. The molecule has 3 N–H and O–H groups in total. The molecular formula is C11H18N4O. The second-order valence-electron chi connectivity index (χ2n) is 4.16. The van der Waals surface area contributed by atoms with Crippen LogP contribution in [-0.4, -0.2) is 29.6 Å². The Morgan fingerprint density at radius 2 is 2.25 bits per heavy atom. The molecule has 88 valence electrons. The van der Waals surface area contributed by atoms with Crippen molar-refractivity contribution in [2.75, 3.05) is 18.5 Å². The smallest absolute Gasteiger partial charge is 0.188 e. The third-order valence-electron chi connectivity index (χ3n) is 2.20. The van der Waals surface area contributed by atoms with Gasteiger partial charge in [-0.3, -0.25) is 4.98 Å². The van der Waals surface area contributed by atoms with Gasteiger partial charge in [0.05, 0.1) is 11.9 Å². The normalized spacial score (nSPS) is 11.9. The van der Waals surface area contributed by atoms with E-state index in [4.69, 9.17) is 10.9 Å². The quantitative estimate of drug-likeness (QED) is 0.348. The van der Waals surface area contributed by atoms with Crippen LogP contribution in [0.2, 0.25) is 0 Å². The summed E-state index contributed by atoms with van der Waals surface area (Å²) >= 11 is 0. The minimum absolute atomic E-state index is 0.0260. The first kappa shape index (κ1) is 12.3. The molecule has 0 bridgehead atoms. The molecule has 0 aliphatic rings. The number of amidine groups is 1. The molecule has 1 rings (SSSR count). The van der Waals surface area contributed by atoms with Crippen LogP contribution in [0.3, 0.4) is 0 Å². The van der Waals surface area contributed by atoms with Gasteiger partial charge in [-0.25, -0.2) is 0 Å². The highest BCUT2D eigenvalue weighted by atomic mass is 16.4. The van der Waals surface area contributed by atoms with Crippen molar-refractivity contribution in [3.63, 3.8) is 0 Å². The summed E-state index contributed by atoms with van der Waals surface area (Å²) in [6.07, 6.45) is 1.72. The molecular weight excluding hydrogens is 204 g/mol. The zero-order chi connectivity index (χ0) is 12.1. The molecule has 1 aromatic heterocycles. The van der Waals surface area contributed by atoms with E-state index in [0.717, 1.165) is 12.2 Å². The van der Waals surface area contributed by atoms with Crippen LogP contribution in [0.1, 0.15) is 19.5 Å². The maximum atomic E-state index is 8.50. The van der Waals surface area contributed by atoms with Gasteiger partial charge in [-0.1, -0.05) is 19.0 Å². The van der Waals surface area contributed by atoms with Crippen LogP contribution in [0.4, 0.5) is 5.69 Å². The summed E-state index contributed by atoms with van der Waals surface area (Å²) in [5.74, 6) is 0.617. The van der Waals surface area contributed by atoms with Crippen molar-refractivity contribution in [3.8, 4) is 0 Å². The molecule has 0 aliphatic carbocycles. The average molecular weight is 222 g/mol. The van der Waals surface area contributed by atoms with E-state index in [1.165, 1.54) is 0 Å². The summed E-state index contributed by atoms with van der Waals surface area (Å²) in [6, 6.07) is 3.64. The second kappa shape index (κ2) is 5.34. The standard InChI is InChI=1S/C11H18N4O/c1-8(2)7-15(3)9-4-5-10(13-6-9)11(12)14-16/h4-6,8,16H,7H2,1-3H3,(H2,12,14). The van der Waals surface area contributed by atoms with E-state index in [2.05, 4.69) is 28.9 Å². The van der Waals surface area contributed by atoms with Gasteiger partial charge >= 0.3 is 0 Å². The molecule has 16 heavy (non-hydrogen) atoms. The zero-order valence-corrected chi connectivity index (χ0v) is 9.88. The van der Waals surface area contributed by atoms with Crippen LogP contribution < -0.4 is 10.6 Å². The van der Waals surface area contributed by atoms with Gasteiger partial charge in [0.25, 0.3) is 0 Å². The fourth-order valence-corrected chi connectivity index (χ4v) is 1.47. The lowest BCUT2D eigenvalue weighted by Crippen LogP contribution is -2.23. The van der Waals surface area contributed by atoms with Crippen molar-refractivity contribution in [2.24, 2.45) is 16.8 Å². The van der Waals surface area contributed by atoms with Gasteiger partial charge in [-0.05, 0) is 18.1 Å². The Hall–Kier alpha value is -1.78. The van der Waals surface area contributed by atoms with Gasteiger partial charge in [0.1, 0.15) is 5.69 Å². The van der Waals surface area contributed by atoms with Gasteiger partial charge in [-0.15, -0.1) is 0 Å². The minimum Gasteiger partial charge on any atom is -0.409 e. The number of hydrogen-bond acceptors (Lipinski definition) is 4. The number of rotatable bonds is 4. The first-order chi connectivity index (χ1) is 7.54. The third kappa shape index (κ3) is 3.12. The first-order valence-corrected chi connectivity index (χ1v) is 5.19. The monoisotopic (exact) mass is 222 g/mol. The van der Waals surface area contributed by atoms with Crippen molar-refractivity contribution in [1.29, 1.82) is 0 Å². The Morgan fingerprint density at radius 1 is 1.56 bits per heavy atom. The molecule has 0 unspecified atom stereocenters. The Labute approximate surface area is 95.6 Å². The predicted octanol–water partition coefficient (Wildman–Crippen LogP) is 1.27. The number of anilines is 1. The number of nitrogens with zero attached hydrogens (tertiary/aromatic N) is 3. The summed E-state index contributed by atoms with van der Waals surface area (Å²) in [5.41, 5.74) is 6.92. The highest BCUT2D eigenvalue weighted by molar-refractivity contribution is 5.95. The first-order valence-electron chi connectivity index (χ1n) is 5.19. The van der Waals surface area contributed by atoms with Crippen LogP contribution in [-0.2, 0) is 0 Å². The molecule has 1 aromatic rings. The molecule has 0 saturated heterocycles. The van der Waals surface area contributed by atoms with E-state index in [-0.39, 0.29) is 5.84 Å². The minimum atomic E-state index is 0.0260. The van der Waals surface area contributed by atoms with E-state index in [9.17, 15) is 0 Å². The van der Waals surface area contributed by atoms with Crippen molar-refractivity contribution < 1.29 is 5.21 Å². The van der Waals surface area contributed by atoms with Crippen LogP contribution >= 0.6 is 0 Å². The number of oxime groups is 1. The van der Waals surface area contributed by atoms with Crippen molar-refractivity contribution in [2.45, 2.75) is 13.8 Å². The largest absolute Gasteiger partial charge is 0.409 e. The van der Waals surface area contributed by atoms with Gasteiger partial charge in [0, 0.05) is 13.6 Å². The summed E-state index contributed by atoms with van der Waals surface area (Å²) in [4.78, 5) is 6.24. The molecule has 0 spiro atoms. The number of pyridine rings is 1. The molecule has 0 saturated carbocycles. The molecule has 0 aromatic carbocycles. The number of nitrogens with two attached hydrogens (primary N) is 1. The van der Waals surface area contributed by atoms with Crippen molar-refractivity contribution >= 4 is 11.5 Å². The molecule has 5 heteroatoms. The van der Waals surface area contributed by atoms with E-state index in [0.29, 0.717) is 11.6 Å². The van der Waals surface area contributed by atoms with Crippen molar-refractivity contribution in [3.05, 3.63) is 24.0 Å². The Morgan fingerprint density at radius 3 is 2.69 bits per heavy atom. The fraction of sp³-hybridized carbons (Fsp3) is 0.455. The van der Waals surface area contributed by atoms with Crippen LogP contribution in [0, 0.1) is 5.92 Å². The lowest BCUT2D eigenvalue weighted by atomic mass is 10.2. The second-order valence-corrected chi connectivity index (χ2v) is 4.16. The van der Waals surface area contributed by atoms with Crippen molar-refractivity contribution in [1.82, 2.24) is 4.98 Å². The summed E-state index contributed by atoms with van der Waals surface area (Å²) in [5, 5.41) is 11.4. The van der Waals surface area contributed by atoms with Gasteiger partial charge in [-0.2, -0.15) is 0 Å².